The lowest BCUT2D eigenvalue weighted by Gasteiger charge is -2.16. The first kappa shape index (κ1) is 10.3. The van der Waals surface area contributed by atoms with Gasteiger partial charge in [0.2, 0.25) is 11.6 Å². The Bertz CT molecular complexity index is 227. The quantitative estimate of drug-likeness (QED) is 0.344. The lowest BCUT2D eigenvalue weighted by molar-refractivity contribution is -0.148. The van der Waals surface area contributed by atoms with Gasteiger partial charge in [-0.05, 0) is 0 Å². The van der Waals surface area contributed by atoms with E-state index in [4.69, 9.17) is 15.3 Å². The molecule has 0 aromatic rings. The second-order valence-corrected chi connectivity index (χ2v) is 2.95. The summed E-state index contributed by atoms with van der Waals surface area (Å²) in [5.74, 6) is -2.31. The lowest BCUT2D eigenvalue weighted by Crippen LogP contribution is -2.43. The zero-order chi connectivity index (χ0) is 10.2. The molecule has 1 saturated carbocycles. The van der Waals surface area contributed by atoms with Crippen LogP contribution in [0, 0.1) is 0 Å². The van der Waals surface area contributed by atoms with Gasteiger partial charge in [-0.25, -0.2) is 0 Å². The Morgan fingerprint density at radius 2 is 1.54 bits per heavy atom. The smallest absolute Gasteiger partial charge is 0.203 e. The van der Waals surface area contributed by atoms with E-state index in [0.717, 1.165) is 0 Å². The second kappa shape index (κ2) is 3.15. The number of carbonyl (C=O) groups excluding carboxylic acids is 2. The highest BCUT2D eigenvalue weighted by Crippen LogP contribution is 2.26. The number of Topliss-reactive ketones (excluding diaryl/α,β-unsaturated/α-hetero) is 2. The molecule has 2 unspecified atom stereocenters. The Morgan fingerprint density at radius 3 is 1.85 bits per heavy atom. The van der Waals surface area contributed by atoms with Crippen LogP contribution in [0.2, 0.25) is 0 Å². The molecule has 0 bridgehead atoms. The van der Waals surface area contributed by atoms with E-state index >= 15 is 0 Å². The Labute approximate surface area is 73.4 Å². The number of hydrogen-bond donors (Lipinski definition) is 4. The number of ketones is 2. The first-order valence-corrected chi connectivity index (χ1v) is 3.73. The van der Waals surface area contributed by atoms with Crippen LogP contribution >= 0.6 is 0 Å². The zero-order valence-electron chi connectivity index (χ0n) is 6.67. The molecule has 6 heteroatoms. The van der Waals surface area contributed by atoms with E-state index in [1.54, 1.807) is 0 Å². The molecule has 0 aromatic heterocycles. The molecule has 0 aromatic carbocycles. The lowest BCUT2D eigenvalue weighted by atomic mass is 9.96. The van der Waals surface area contributed by atoms with E-state index in [1.807, 2.05) is 0 Å². The van der Waals surface area contributed by atoms with Crippen molar-refractivity contribution in [1.29, 1.82) is 0 Å². The van der Waals surface area contributed by atoms with Crippen molar-refractivity contribution in [3.05, 3.63) is 0 Å². The standard InChI is InChI=1S/C7H10O6/c8-2-1-7(13)5(11)3(9)4(10)6(7)12/h3-4,8-10,13H,1-2H2. The van der Waals surface area contributed by atoms with Crippen LogP contribution in [0.25, 0.3) is 0 Å². The maximum Gasteiger partial charge on any atom is 0.203 e. The first-order chi connectivity index (χ1) is 5.95. The van der Waals surface area contributed by atoms with Crippen molar-refractivity contribution in [2.45, 2.75) is 24.2 Å². The van der Waals surface area contributed by atoms with Crippen LogP contribution in [0.1, 0.15) is 6.42 Å². The fourth-order valence-electron chi connectivity index (χ4n) is 1.31. The molecule has 1 aliphatic carbocycles. The van der Waals surface area contributed by atoms with E-state index in [1.165, 1.54) is 0 Å². The van der Waals surface area contributed by atoms with Crippen LogP contribution in [-0.2, 0) is 9.59 Å². The van der Waals surface area contributed by atoms with Crippen LogP contribution in [0.15, 0.2) is 0 Å². The van der Waals surface area contributed by atoms with E-state index in [0.29, 0.717) is 0 Å². The highest BCUT2D eigenvalue weighted by Gasteiger charge is 2.58. The molecule has 74 valence electrons. The minimum Gasteiger partial charge on any atom is -0.396 e. The average Bonchev–Trinajstić information content (AvgIpc) is 2.23. The van der Waals surface area contributed by atoms with Gasteiger partial charge in [-0.2, -0.15) is 0 Å². The molecule has 6 nitrogen and oxygen atoms in total. The third kappa shape index (κ3) is 1.28. The van der Waals surface area contributed by atoms with Gasteiger partial charge >= 0.3 is 0 Å². The molecule has 1 fully saturated rings. The highest BCUT2D eigenvalue weighted by molar-refractivity contribution is 6.20. The van der Waals surface area contributed by atoms with E-state index in [-0.39, 0.29) is 0 Å². The Kier molecular flexibility index (Phi) is 2.49. The molecule has 0 heterocycles. The summed E-state index contributed by atoms with van der Waals surface area (Å²) in [6.07, 6.45) is -4.27. The van der Waals surface area contributed by atoms with Crippen LogP contribution in [0.5, 0.6) is 0 Å². The maximum absolute atomic E-state index is 11.0. The predicted octanol–water partition coefficient (Wildman–Crippen LogP) is -3.03. The summed E-state index contributed by atoms with van der Waals surface area (Å²) >= 11 is 0. The van der Waals surface area contributed by atoms with Gasteiger partial charge < -0.3 is 20.4 Å². The van der Waals surface area contributed by atoms with Gasteiger partial charge in [0.1, 0.15) is 12.2 Å². The van der Waals surface area contributed by atoms with Gasteiger partial charge in [-0.15, -0.1) is 0 Å². The summed E-state index contributed by atoms with van der Waals surface area (Å²) in [4.78, 5) is 22.1. The molecule has 0 amide bonds. The van der Waals surface area contributed by atoms with E-state index < -0.39 is 42.4 Å². The van der Waals surface area contributed by atoms with Crippen molar-refractivity contribution in [3.63, 3.8) is 0 Å². The van der Waals surface area contributed by atoms with E-state index in [9.17, 15) is 14.7 Å². The minimum atomic E-state index is -2.42. The average molecular weight is 190 g/mol. The molecule has 1 aliphatic rings. The third-order valence-electron chi connectivity index (χ3n) is 2.13. The molecule has 0 saturated heterocycles. The van der Waals surface area contributed by atoms with Crippen molar-refractivity contribution in [2.75, 3.05) is 6.61 Å². The predicted molar refractivity (Wildman–Crippen MR) is 38.7 cm³/mol. The Morgan fingerprint density at radius 1 is 1.15 bits per heavy atom. The van der Waals surface area contributed by atoms with Crippen molar-refractivity contribution in [2.24, 2.45) is 0 Å². The van der Waals surface area contributed by atoms with Gasteiger partial charge in [0.05, 0.1) is 0 Å². The van der Waals surface area contributed by atoms with Crippen LogP contribution in [0.4, 0.5) is 0 Å². The fraction of sp³-hybridized carbons (Fsp3) is 0.714. The van der Waals surface area contributed by atoms with Crippen molar-refractivity contribution >= 4 is 11.6 Å². The number of aliphatic hydroxyl groups is 4. The Balaban J connectivity index is 2.99. The van der Waals surface area contributed by atoms with Crippen molar-refractivity contribution < 1.29 is 30.0 Å². The summed E-state index contributed by atoms with van der Waals surface area (Å²) in [7, 11) is 0. The van der Waals surface area contributed by atoms with E-state index in [2.05, 4.69) is 0 Å². The van der Waals surface area contributed by atoms with Crippen LogP contribution < -0.4 is 0 Å². The number of rotatable bonds is 2. The molecule has 0 aliphatic heterocycles. The summed E-state index contributed by atoms with van der Waals surface area (Å²) in [5, 5.41) is 35.7. The largest absolute Gasteiger partial charge is 0.396 e. The number of hydrogen-bond acceptors (Lipinski definition) is 6. The molecular formula is C7H10O6. The first-order valence-electron chi connectivity index (χ1n) is 3.73. The normalized spacial score (nSPS) is 40.0. The van der Waals surface area contributed by atoms with Gasteiger partial charge in [0.25, 0.3) is 0 Å². The van der Waals surface area contributed by atoms with Gasteiger partial charge in [-0.1, -0.05) is 0 Å². The fourth-order valence-corrected chi connectivity index (χ4v) is 1.31. The second-order valence-electron chi connectivity index (χ2n) is 2.95. The number of aliphatic hydroxyl groups excluding tert-OH is 3. The summed E-state index contributed by atoms with van der Waals surface area (Å²) in [6.45, 7) is -0.576. The SMILES string of the molecule is O=C1C(O)C(O)C(=O)C1(O)CCO. The van der Waals surface area contributed by atoms with Crippen molar-refractivity contribution in [3.8, 4) is 0 Å². The molecule has 0 spiro atoms. The minimum absolute atomic E-state index is 0.501. The molecule has 2 atom stereocenters. The monoisotopic (exact) mass is 190 g/mol. The number of carbonyl (C=O) groups is 2. The van der Waals surface area contributed by atoms with Crippen LogP contribution in [0.3, 0.4) is 0 Å². The summed E-state index contributed by atoms with van der Waals surface area (Å²) in [6, 6.07) is 0. The zero-order valence-corrected chi connectivity index (χ0v) is 6.67. The van der Waals surface area contributed by atoms with Crippen molar-refractivity contribution in [1.82, 2.24) is 0 Å². The molecule has 1 rings (SSSR count). The highest BCUT2D eigenvalue weighted by atomic mass is 16.4. The molecular weight excluding hydrogens is 180 g/mol. The maximum atomic E-state index is 11.0. The molecule has 13 heavy (non-hydrogen) atoms. The topological polar surface area (TPSA) is 115 Å². The Hall–Kier alpha value is -0.820. The molecule has 0 radical (unpaired) electrons. The molecule has 4 N–H and O–H groups in total. The van der Waals surface area contributed by atoms with Gasteiger partial charge in [0, 0.05) is 13.0 Å². The van der Waals surface area contributed by atoms with Gasteiger partial charge in [0.15, 0.2) is 5.60 Å². The summed E-state index contributed by atoms with van der Waals surface area (Å²) in [5.41, 5.74) is -2.42. The van der Waals surface area contributed by atoms with Gasteiger partial charge in [-0.3, -0.25) is 9.59 Å². The van der Waals surface area contributed by atoms with Crippen LogP contribution in [-0.4, -0.2) is 56.4 Å². The third-order valence-corrected chi connectivity index (χ3v) is 2.13. The summed E-state index contributed by atoms with van der Waals surface area (Å²) < 4.78 is 0.